The Morgan fingerprint density at radius 2 is 2.30 bits per heavy atom. The summed E-state index contributed by atoms with van der Waals surface area (Å²) in [7, 11) is 0. The number of carboxylic acids is 1. The molecule has 110 valence electrons. The highest BCUT2D eigenvalue weighted by Crippen LogP contribution is 2.20. The molecule has 2 heterocycles. The molecule has 0 aromatic carbocycles. The van der Waals surface area contributed by atoms with Gasteiger partial charge in [0.1, 0.15) is 0 Å². The van der Waals surface area contributed by atoms with Crippen LogP contribution in [0.15, 0.2) is 24.4 Å². The first-order valence-corrected chi connectivity index (χ1v) is 7.17. The van der Waals surface area contributed by atoms with Crippen molar-refractivity contribution in [2.24, 2.45) is 5.92 Å². The predicted molar refractivity (Wildman–Crippen MR) is 75.5 cm³/mol. The molecule has 1 saturated heterocycles. The van der Waals surface area contributed by atoms with E-state index < -0.39 is 11.9 Å². The summed E-state index contributed by atoms with van der Waals surface area (Å²) in [5.74, 6) is -1.17. The molecule has 1 aliphatic rings. The normalized spacial score (nSPS) is 22.3. The second-order valence-corrected chi connectivity index (χ2v) is 5.16. The first-order chi connectivity index (χ1) is 9.72. The summed E-state index contributed by atoms with van der Waals surface area (Å²) in [6.45, 7) is 4.66. The number of carbonyl (C=O) groups is 1. The molecule has 1 aliphatic heterocycles. The summed E-state index contributed by atoms with van der Waals surface area (Å²) in [5, 5.41) is 9.27. The minimum Gasteiger partial charge on any atom is -0.481 e. The van der Waals surface area contributed by atoms with Crippen LogP contribution in [0, 0.1) is 5.92 Å². The van der Waals surface area contributed by atoms with E-state index in [1.807, 2.05) is 18.2 Å². The van der Waals surface area contributed by atoms with Gasteiger partial charge in [-0.3, -0.25) is 14.7 Å². The van der Waals surface area contributed by atoms with Crippen molar-refractivity contribution in [3.8, 4) is 0 Å². The summed E-state index contributed by atoms with van der Waals surface area (Å²) in [6.07, 6.45) is 3.63. The zero-order valence-corrected chi connectivity index (χ0v) is 11.9. The highest BCUT2D eigenvalue weighted by molar-refractivity contribution is 5.71. The molecule has 5 heteroatoms. The van der Waals surface area contributed by atoms with Crippen molar-refractivity contribution in [2.45, 2.75) is 25.8 Å². The van der Waals surface area contributed by atoms with E-state index in [1.54, 1.807) is 6.20 Å². The lowest BCUT2D eigenvalue weighted by Crippen LogP contribution is -2.44. The molecule has 0 amide bonds. The van der Waals surface area contributed by atoms with Gasteiger partial charge < -0.3 is 9.84 Å². The number of carboxylic acid groups (broad SMARTS) is 1. The van der Waals surface area contributed by atoms with Crippen LogP contribution in [0.2, 0.25) is 0 Å². The number of hydrogen-bond acceptors (Lipinski definition) is 4. The van der Waals surface area contributed by atoms with Crippen LogP contribution in [-0.4, -0.2) is 53.3 Å². The molecular formula is C15H22N2O3. The number of ether oxygens (including phenoxy) is 1. The van der Waals surface area contributed by atoms with Crippen LogP contribution in [0.3, 0.4) is 0 Å². The van der Waals surface area contributed by atoms with Crippen molar-refractivity contribution < 1.29 is 14.6 Å². The Kier molecular flexibility index (Phi) is 5.49. The number of pyridine rings is 1. The van der Waals surface area contributed by atoms with Gasteiger partial charge in [-0.05, 0) is 25.1 Å². The van der Waals surface area contributed by atoms with Crippen molar-refractivity contribution >= 4 is 5.97 Å². The SMILES string of the molecule is CCCN(CCc1ccccn1)C1COCC1C(=O)O. The highest BCUT2D eigenvalue weighted by Gasteiger charge is 2.37. The molecule has 1 aromatic rings. The van der Waals surface area contributed by atoms with Crippen molar-refractivity contribution in [3.63, 3.8) is 0 Å². The molecule has 0 bridgehead atoms. The van der Waals surface area contributed by atoms with Crippen LogP contribution in [0.25, 0.3) is 0 Å². The van der Waals surface area contributed by atoms with E-state index in [9.17, 15) is 9.90 Å². The summed E-state index contributed by atoms with van der Waals surface area (Å²) in [5.41, 5.74) is 1.04. The van der Waals surface area contributed by atoms with Crippen LogP contribution in [0.4, 0.5) is 0 Å². The van der Waals surface area contributed by atoms with E-state index in [0.29, 0.717) is 13.2 Å². The number of hydrogen-bond donors (Lipinski definition) is 1. The highest BCUT2D eigenvalue weighted by atomic mass is 16.5. The number of aromatic nitrogens is 1. The number of rotatable bonds is 7. The molecule has 2 unspecified atom stereocenters. The van der Waals surface area contributed by atoms with Gasteiger partial charge in [0.25, 0.3) is 0 Å². The maximum Gasteiger partial charge on any atom is 0.310 e. The molecule has 1 N–H and O–H groups in total. The molecule has 2 atom stereocenters. The Bertz CT molecular complexity index is 424. The van der Waals surface area contributed by atoms with Gasteiger partial charge in [0.05, 0.1) is 19.1 Å². The lowest BCUT2D eigenvalue weighted by atomic mass is 10.0. The largest absolute Gasteiger partial charge is 0.481 e. The molecule has 2 rings (SSSR count). The molecular weight excluding hydrogens is 256 g/mol. The number of nitrogens with zero attached hydrogens (tertiary/aromatic N) is 2. The molecule has 0 saturated carbocycles. The van der Waals surface area contributed by atoms with Crippen LogP contribution in [0.1, 0.15) is 19.0 Å². The molecule has 20 heavy (non-hydrogen) atoms. The predicted octanol–water partition coefficient (Wildman–Crippen LogP) is 1.44. The second-order valence-electron chi connectivity index (χ2n) is 5.16. The van der Waals surface area contributed by atoms with Crippen molar-refractivity contribution in [1.82, 2.24) is 9.88 Å². The molecule has 5 nitrogen and oxygen atoms in total. The van der Waals surface area contributed by atoms with Crippen molar-refractivity contribution in [2.75, 3.05) is 26.3 Å². The standard InChI is InChI=1S/C15H22N2O3/c1-2-8-17(9-6-12-5-3-4-7-16-12)14-11-20-10-13(14)15(18)19/h3-5,7,13-14H,2,6,8-11H2,1H3,(H,18,19). The summed E-state index contributed by atoms with van der Waals surface area (Å²) >= 11 is 0. The van der Waals surface area contributed by atoms with E-state index in [1.165, 1.54) is 0 Å². The molecule has 0 aliphatic carbocycles. The smallest absolute Gasteiger partial charge is 0.310 e. The zero-order valence-electron chi connectivity index (χ0n) is 11.9. The third-order valence-corrected chi connectivity index (χ3v) is 3.73. The first kappa shape index (κ1) is 14.9. The van der Waals surface area contributed by atoms with Crippen LogP contribution < -0.4 is 0 Å². The van der Waals surface area contributed by atoms with Gasteiger partial charge in [-0.25, -0.2) is 0 Å². The number of aliphatic carboxylic acids is 1. The third kappa shape index (κ3) is 3.77. The lowest BCUT2D eigenvalue weighted by molar-refractivity contribution is -0.143. The maximum atomic E-state index is 11.3. The Labute approximate surface area is 119 Å². The van der Waals surface area contributed by atoms with E-state index in [0.717, 1.165) is 31.6 Å². The Morgan fingerprint density at radius 1 is 1.45 bits per heavy atom. The fraction of sp³-hybridized carbons (Fsp3) is 0.600. The molecule has 0 radical (unpaired) electrons. The van der Waals surface area contributed by atoms with Gasteiger partial charge in [-0.15, -0.1) is 0 Å². The molecule has 0 spiro atoms. The monoisotopic (exact) mass is 278 g/mol. The summed E-state index contributed by atoms with van der Waals surface area (Å²) < 4.78 is 5.37. The van der Waals surface area contributed by atoms with Crippen LogP contribution in [0.5, 0.6) is 0 Å². The first-order valence-electron chi connectivity index (χ1n) is 7.17. The Balaban J connectivity index is 1.97. The average Bonchev–Trinajstić information content (AvgIpc) is 2.94. The summed E-state index contributed by atoms with van der Waals surface area (Å²) in [6, 6.07) is 5.87. The maximum absolute atomic E-state index is 11.3. The van der Waals surface area contributed by atoms with E-state index in [2.05, 4.69) is 16.8 Å². The lowest BCUT2D eigenvalue weighted by Gasteiger charge is -2.29. The Morgan fingerprint density at radius 3 is 2.95 bits per heavy atom. The van der Waals surface area contributed by atoms with Gasteiger partial charge in [0.15, 0.2) is 0 Å². The van der Waals surface area contributed by atoms with Gasteiger partial charge in [-0.1, -0.05) is 13.0 Å². The minimum atomic E-state index is -0.758. The van der Waals surface area contributed by atoms with E-state index in [-0.39, 0.29) is 6.04 Å². The fourth-order valence-corrected chi connectivity index (χ4v) is 2.67. The fourth-order valence-electron chi connectivity index (χ4n) is 2.67. The van der Waals surface area contributed by atoms with Gasteiger partial charge in [-0.2, -0.15) is 0 Å². The van der Waals surface area contributed by atoms with Gasteiger partial charge >= 0.3 is 5.97 Å². The van der Waals surface area contributed by atoms with E-state index in [4.69, 9.17) is 4.74 Å². The van der Waals surface area contributed by atoms with Crippen molar-refractivity contribution in [3.05, 3.63) is 30.1 Å². The topological polar surface area (TPSA) is 62.7 Å². The summed E-state index contributed by atoms with van der Waals surface area (Å²) in [4.78, 5) is 17.8. The quantitative estimate of drug-likeness (QED) is 0.817. The zero-order chi connectivity index (χ0) is 14.4. The Hall–Kier alpha value is -1.46. The van der Waals surface area contributed by atoms with Gasteiger partial charge in [0.2, 0.25) is 0 Å². The third-order valence-electron chi connectivity index (χ3n) is 3.73. The minimum absolute atomic E-state index is 0.0174. The average molecular weight is 278 g/mol. The second kappa shape index (κ2) is 7.36. The molecule has 1 aromatic heterocycles. The van der Waals surface area contributed by atoms with Crippen LogP contribution >= 0.6 is 0 Å². The van der Waals surface area contributed by atoms with Crippen LogP contribution in [-0.2, 0) is 16.0 Å². The molecule has 1 fully saturated rings. The van der Waals surface area contributed by atoms with Gasteiger partial charge in [0, 0.05) is 30.9 Å². The van der Waals surface area contributed by atoms with Crippen molar-refractivity contribution in [1.29, 1.82) is 0 Å². The van der Waals surface area contributed by atoms with E-state index >= 15 is 0 Å².